The zero-order valence-corrected chi connectivity index (χ0v) is 35.7. The summed E-state index contributed by atoms with van der Waals surface area (Å²) >= 11 is 0. The van der Waals surface area contributed by atoms with Crippen molar-refractivity contribution >= 4 is 23.5 Å². The lowest BCUT2D eigenvalue weighted by Gasteiger charge is -2.13. The van der Waals surface area contributed by atoms with Gasteiger partial charge in [0.25, 0.3) is 0 Å². The fourth-order valence-electron chi connectivity index (χ4n) is 6.56. The smallest absolute Gasteiger partial charge is 0.343 e. The van der Waals surface area contributed by atoms with Gasteiger partial charge >= 0.3 is 11.9 Å². The van der Waals surface area contributed by atoms with Gasteiger partial charge in [-0.2, -0.15) is 0 Å². The van der Waals surface area contributed by atoms with Gasteiger partial charge in [0, 0.05) is 18.1 Å². The molecule has 0 fully saturated rings. The van der Waals surface area contributed by atoms with E-state index in [-0.39, 0.29) is 11.8 Å². The maximum atomic E-state index is 12.9. The third-order valence-electron chi connectivity index (χ3n) is 10.1. The van der Waals surface area contributed by atoms with Gasteiger partial charge in [-0.3, -0.25) is 4.79 Å². The van der Waals surface area contributed by atoms with Crippen LogP contribution in [0.2, 0.25) is 0 Å². The lowest BCUT2D eigenvalue weighted by Crippen LogP contribution is -2.09. The Bertz CT molecular complexity index is 1690. The predicted molar refractivity (Wildman–Crippen MR) is 238 cm³/mol. The number of esters is 2. The lowest BCUT2D eigenvalue weighted by molar-refractivity contribution is -0.137. The molecule has 3 aromatic carbocycles. The van der Waals surface area contributed by atoms with Gasteiger partial charge in [-0.25, -0.2) is 9.59 Å². The average molecular weight is 809 g/mol. The van der Waals surface area contributed by atoms with E-state index in [1.807, 2.05) is 37.3 Å². The quantitative estimate of drug-likeness (QED) is 0.0193. The maximum absolute atomic E-state index is 12.9. The third-order valence-corrected chi connectivity index (χ3v) is 10.1. The van der Waals surface area contributed by atoms with Gasteiger partial charge < -0.3 is 23.7 Å². The van der Waals surface area contributed by atoms with Gasteiger partial charge in [0.2, 0.25) is 0 Å². The summed E-state index contributed by atoms with van der Waals surface area (Å²) in [5.41, 5.74) is 2.06. The van der Waals surface area contributed by atoms with E-state index in [2.05, 4.69) is 19.7 Å². The first-order valence-corrected chi connectivity index (χ1v) is 21.9. The Balaban J connectivity index is 1.24. The highest BCUT2D eigenvalue weighted by Gasteiger charge is 2.13. The number of carbonyl (C=O) groups excluding carboxylic acids is 3. The molecular weight excluding hydrogens is 741 g/mol. The van der Waals surface area contributed by atoms with Crippen LogP contribution in [-0.4, -0.2) is 37.5 Å². The zero-order chi connectivity index (χ0) is 42.3. The second kappa shape index (κ2) is 30.0. The van der Waals surface area contributed by atoms with Crippen molar-refractivity contribution in [1.82, 2.24) is 0 Å². The number of hydrogen-bond donors (Lipinski definition) is 0. The molecular formula is C51H68O8. The Morgan fingerprint density at radius 1 is 0.508 bits per heavy atom. The minimum absolute atomic E-state index is 0.155. The number of allylic oxidation sites excluding steroid dienone is 1. The summed E-state index contributed by atoms with van der Waals surface area (Å²) in [4.78, 5) is 35.2. The minimum Gasteiger partial charge on any atom is -0.494 e. The molecule has 0 spiro atoms. The lowest BCUT2D eigenvalue weighted by atomic mass is 10.0. The topological polar surface area (TPSA) is 97.4 Å². The van der Waals surface area contributed by atoms with Crippen molar-refractivity contribution < 1.29 is 38.1 Å². The molecule has 59 heavy (non-hydrogen) atoms. The van der Waals surface area contributed by atoms with Gasteiger partial charge in [-0.05, 0) is 111 Å². The molecule has 0 aliphatic heterocycles. The molecule has 0 aliphatic carbocycles. The van der Waals surface area contributed by atoms with Crippen LogP contribution in [0.4, 0.5) is 0 Å². The predicted octanol–water partition coefficient (Wildman–Crippen LogP) is 13.3. The fraction of sp³-hybridized carbons (Fsp3) is 0.471. The van der Waals surface area contributed by atoms with Crippen molar-refractivity contribution in [3.8, 4) is 23.0 Å². The summed E-state index contributed by atoms with van der Waals surface area (Å²) in [6.45, 7) is 14.7. The van der Waals surface area contributed by atoms with E-state index >= 15 is 0 Å². The highest BCUT2D eigenvalue weighted by atomic mass is 16.5. The molecule has 0 atom stereocenters. The first-order valence-electron chi connectivity index (χ1n) is 21.9. The first kappa shape index (κ1) is 48.3. The second-order valence-electron chi connectivity index (χ2n) is 15.1. The van der Waals surface area contributed by atoms with Gasteiger partial charge in [0.05, 0.1) is 25.4 Å². The van der Waals surface area contributed by atoms with Gasteiger partial charge in [-0.1, -0.05) is 116 Å². The molecule has 3 rings (SSSR count). The molecule has 0 aromatic heterocycles. The van der Waals surface area contributed by atoms with Crippen molar-refractivity contribution in [3.63, 3.8) is 0 Å². The summed E-state index contributed by atoms with van der Waals surface area (Å²) in [5.74, 6) is 2.49. The Hall–Kier alpha value is -5.11. The fourth-order valence-corrected chi connectivity index (χ4v) is 6.56. The normalized spacial score (nSPS) is 10.7. The van der Waals surface area contributed by atoms with E-state index in [1.54, 1.807) is 36.4 Å². The van der Waals surface area contributed by atoms with Crippen molar-refractivity contribution in [2.24, 2.45) is 0 Å². The highest BCUT2D eigenvalue weighted by molar-refractivity contribution is 5.91. The molecule has 3 aromatic rings. The molecule has 0 radical (unpaired) electrons. The van der Waals surface area contributed by atoms with E-state index in [0.29, 0.717) is 49.1 Å². The van der Waals surface area contributed by atoms with Crippen LogP contribution in [-0.2, 0) is 14.3 Å². The molecule has 0 heterocycles. The maximum Gasteiger partial charge on any atom is 0.343 e. The Kier molecular flexibility index (Phi) is 24.5. The Morgan fingerprint density at radius 3 is 1.42 bits per heavy atom. The van der Waals surface area contributed by atoms with Crippen LogP contribution >= 0.6 is 0 Å². The number of ketones is 1. The van der Waals surface area contributed by atoms with Gasteiger partial charge in [0.1, 0.15) is 28.8 Å². The number of unbranched alkanes of at least 4 members (excludes halogenated alkanes) is 17. The molecule has 8 heteroatoms. The zero-order valence-electron chi connectivity index (χ0n) is 35.7. The molecule has 0 bridgehead atoms. The number of ether oxygens (including phenoxy) is 5. The van der Waals surface area contributed by atoms with E-state index in [0.717, 1.165) is 80.4 Å². The summed E-state index contributed by atoms with van der Waals surface area (Å²) in [6, 6.07) is 20.1. The summed E-state index contributed by atoms with van der Waals surface area (Å²) in [6.07, 6.45) is 25.2. The molecule has 0 amide bonds. The molecule has 0 N–H and O–H groups in total. The summed E-state index contributed by atoms with van der Waals surface area (Å²) in [5, 5.41) is 0. The monoisotopic (exact) mass is 808 g/mol. The van der Waals surface area contributed by atoms with Crippen LogP contribution in [0.25, 0.3) is 5.76 Å². The van der Waals surface area contributed by atoms with Crippen LogP contribution in [0, 0.1) is 6.92 Å². The summed E-state index contributed by atoms with van der Waals surface area (Å²) in [7, 11) is 0. The third kappa shape index (κ3) is 21.5. The molecule has 0 unspecified atom stereocenters. The van der Waals surface area contributed by atoms with Crippen molar-refractivity contribution in [2.75, 3.05) is 19.8 Å². The van der Waals surface area contributed by atoms with Crippen LogP contribution in [0.3, 0.4) is 0 Å². The van der Waals surface area contributed by atoms with E-state index < -0.39 is 5.97 Å². The van der Waals surface area contributed by atoms with E-state index in [1.165, 1.54) is 76.4 Å². The van der Waals surface area contributed by atoms with Crippen molar-refractivity contribution in [3.05, 3.63) is 115 Å². The van der Waals surface area contributed by atoms with E-state index in [4.69, 9.17) is 23.7 Å². The van der Waals surface area contributed by atoms with Crippen molar-refractivity contribution in [2.45, 2.75) is 135 Å². The number of hydrogen-bond acceptors (Lipinski definition) is 8. The van der Waals surface area contributed by atoms with Crippen molar-refractivity contribution in [1.29, 1.82) is 0 Å². The molecule has 320 valence electrons. The standard InChI is InChI=1S/C51H68O8/c1-5-45(52)26-22-18-14-10-7-8-11-15-19-23-37-55-46-31-27-43(28-32-46)42(4)58-48-35-36-49(41(3)40-48)59-51(54)44-29-33-47(34-30-44)56-38-24-20-16-12-9-13-17-21-25-39-57-50(53)6-2/h5-6,27-36,40H,1-2,4,7-26,37-39H2,3H3. The Labute approximate surface area is 354 Å². The average Bonchev–Trinajstić information content (AvgIpc) is 3.25. The highest BCUT2D eigenvalue weighted by Crippen LogP contribution is 2.28. The molecule has 0 saturated heterocycles. The molecule has 8 nitrogen and oxygen atoms in total. The molecule has 0 saturated carbocycles. The van der Waals surface area contributed by atoms with Crippen LogP contribution in [0.1, 0.15) is 150 Å². The van der Waals surface area contributed by atoms with Crippen LogP contribution < -0.4 is 18.9 Å². The summed E-state index contributed by atoms with van der Waals surface area (Å²) < 4.78 is 28.6. The van der Waals surface area contributed by atoms with Gasteiger partial charge in [0.15, 0.2) is 5.78 Å². The number of benzene rings is 3. The molecule has 0 aliphatic rings. The number of rotatable bonds is 34. The first-order chi connectivity index (χ1) is 28.8. The van der Waals surface area contributed by atoms with Gasteiger partial charge in [-0.15, -0.1) is 0 Å². The second-order valence-corrected chi connectivity index (χ2v) is 15.1. The number of carbonyl (C=O) groups is 3. The minimum atomic E-state index is -0.440. The SMILES string of the molecule is C=CC(=O)CCCCCCCCCCCCOc1ccc(C(=C)Oc2ccc(OC(=O)c3ccc(OCCCCCCCCCCCOC(=O)C=C)cc3)c(C)c2)cc1. The number of aryl methyl sites for hydroxylation is 1. The Morgan fingerprint density at radius 2 is 0.949 bits per heavy atom. The van der Waals surface area contributed by atoms with Crippen LogP contribution in [0.5, 0.6) is 23.0 Å². The largest absolute Gasteiger partial charge is 0.494 e. The van der Waals surface area contributed by atoms with E-state index in [9.17, 15) is 14.4 Å². The van der Waals surface area contributed by atoms with Crippen LogP contribution in [0.15, 0.2) is 98.6 Å².